The average Bonchev–Trinajstić information content (AvgIpc) is 2.17. The van der Waals surface area contributed by atoms with Gasteiger partial charge in [0.2, 0.25) is 0 Å². The number of nitrogens with zero attached hydrogens (tertiary/aromatic N) is 1. The van der Waals surface area contributed by atoms with Gasteiger partial charge in [0.05, 0.1) is 5.76 Å². The molecule has 0 fully saturated rings. The molecule has 1 amide bonds. The van der Waals surface area contributed by atoms with E-state index in [9.17, 15) is 4.79 Å². The molecule has 0 saturated heterocycles. The van der Waals surface area contributed by atoms with E-state index in [1.54, 1.807) is 7.05 Å². The molecule has 0 aliphatic carbocycles. The number of benzene rings is 1. The second kappa shape index (κ2) is 4.98. The number of likely N-dealkylation sites (N-methyl/N-ethyl adjacent to an activating group) is 1. The number of amides is 1. The smallest absolute Gasteiger partial charge is 0.254 e. The third-order valence-electron chi connectivity index (χ3n) is 1.88. The first kappa shape index (κ1) is 11.8. The van der Waals surface area contributed by atoms with Crippen molar-refractivity contribution in [3.63, 3.8) is 0 Å². The zero-order chi connectivity index (χ0) is 11.4. The minimum atomic E-state index is -0.252. The van der Waals surface area contributed by atoms with Crippen molar-refractivity contribution >= 4 is 27.5 Å². The molecule has 1 aromatic rings. The van der Waals surface area contributed by atoms with Gasteiger partial charge in [0.25, 0.3) is 5.91 Å². The summed E-state index contributed by atoms with van der Waals surface area (Å²) in [6.45, 7) is 1.47. The highest BCUT2D eigenvalue weighted by atomic mass is 79.9. The average molecular weight is 270 g/mol. The molecular formula is C11H12BrNO2. The summed E-state index contributed by atoms with van der Waals surface area (Å²) in [5, 5.41) is 8.97. The third kappa shape index (κ3) is 3.40. The number of hydrogen-bond acceptors (Lipinski definition) is 2. The number of carbonyl (C=O) groups is 1. The fraction of sp³-hybridized carbons (Fsp3) is 0.182. The van der Waals surface area contributed by atoms with Crippen molar-refractivity contribution in [1.82, 2.24) is 0 Å². The molecular weight excluding hydrogens is 258 g/mol. The van der Waals surface area contributed by atoms with Crippen molar-refractivity contribution in [3.05, 3.63) is 40.6 Å². The van der Waals surface area contributed by atoms with Gasteiger partial charge in [-0.15, -0.1) is 0 Å². The van der Waals surface area contributed by atoms with Crippen molar-refractivity contribution in [1.29, 1.82) is 0 Å². The summed E-state index contributed by atoms with van der Waals surface area (Å²) in [7, 11) is 1.66. The summed E-state index contributed by atoms with van der Waals surface area (Å²) >= 11 is 3.32. The lowest BCUT2D eigenvalue weighted by molar-refractivity contribution is -0.114. The van der Waals surface area contributed by atoms with Gasteiger partial charge in [0.15, 0.2) is 0 Å². The molecule has 0 aliphatic rings. The summed E-state index contributed by atoms with van der Waals surface area (Å²) in [6, 6.07) is 7.36. The molecule has 0 spiro atoms. The van der Waals surface area contributed by atoms with Crippen LogP contribution in [-0.4, -0.2) is 18.1 Å². The second-order valence-corrected chi connectivity index (χ2v) is 4.08. The maximum absolute atomic E-state index is 11.5. The Kier molecular flexibility index (Phi) is 3.91. The quantitative estimate of drug-likeness (QED) is 0.663. The number of anilines is 1. The van der Waals surface area contributed by atoms with Gasteiger partial charge in [0, 0.05) is 23.3 Å². The Hall–Kier alpha value is -1.29. The highest BCUT2D eigenvalue weighted by Gasteiger charge is 2.07. The maximum Gasteiger partial charge on any atom is 0.254 e. The van der Waals surface area contributed by atoms with E-state index >= 15 is 0 Å². The minimum Gasteiger partial charge on any atom is -0.512 e. The Morgan fingerprint density at radius 2 is 1.93 bits per heavy atom. The Morgan fingerprint density at radius 1 is 1.40 bits per heavy atom. The summed E-state index contributed by atoms with van der Waals surface area (Å²) in [6.07, 6.45) is 1.18. The Bertz CT molecular complexity index is 380. The molecule has 80 valence electrons. The summed E-state index contributed by atoms with van der Waals surface area (Å²) in [4.78, 5) is 13.0. The van der Waals surface area contributed by atoms with Crippen LogP contribution < -0.4 is 4.90 Å². The minimum absolute atomic E-state index is 0.00367. The molecule has 0 heterocycles. The van der Waals surface area contributed by atoms with Crippen molar-refractivity contribution < 1.29 is 9.90 Å². The Morgan fingerprint density at radius 3 is 2.40 bits per heavy atom. The van der Waals surface area contributed by atoms with Crippen LogP contribution in [-0.2, 0) is 4.79 Å². The molecule has 15 heavy (non-hydrogen) atoms. The predicted molar refractivity (Wildman–Crippen MR) is 63.9 cm³/mol. The zero-order valence-corrected chi connectivity index (χ0v) is 10.2. The summed E-state index contributed by atoms with van der Waals surface area (Å²) in [5.74, 6) is -0.249. The largest absolute Gasteiger partial charge is 0.512 e. The second-order valence-electron chi connectivity index (χ2n) is 3.16. The van der Waals surface area contributed by atoms with Crippen LogP contribution in [0.2, 0.25) is 0 Å². The van der Waals surface area contributed by atoms with E-state index in [4.69, 9.17) is 5.11 Å². The highest BCUT2D eigenvalue weighted by molar-refractivity contribution is 9.10. The number of carbonyl (C=O) groups excluding carboxylic acids is 1. The molecule has 1 N–H and O–H groups in total. The lowest BCUT2D eigenvalue weighted by atomic mass is 10.3. The van der Waals surface area contributed by atoms with Crippen LogP contribution >= 0.6 is 15.9 Å². The SMILES string of the molecule is C/C(O)=C/C(=O)N(C)c1ccc(Br)cc1. The number of aliphatic hydroxyl groups is 1. The highest BCUT2D eigenvalue weighted by Crippen LogP contribution is 2.17. The molecule has 4 heteroatoms. The molecule has 0 saturated carbocycles. The number of rotatable bonds is 2. The molecule has 1 rings (SSSR count). The zero-order valence-electron chi connectivity index (χ0n) is 8.57. The first-order chi connectivity index (χ1) is 7.00. The van der Waals surface area contributed by atoms with Gasteiger partial charge < -0.3 is 10.0 Å². The molecule has 0 aliphatic heterocycles. The van der Waals surface area contributed by atoms with E-state index in [-0.39, 0.29) is 11.7 Å². The van der Waals surface area contributed by atoms with Crippen LogP contribution in [0.1, 0.15) is 6.92 Å². The van der Waals surface area contributed by atoms with Crippen LogP contribution in [0.4, 0.5) is 5.69 Å². The molecule has 0 unspecified atom stereocenters. The predicted octanol–water partition coefficient (Wildman–Crippen LogP) is 2.87. The first-order valence-electron chi connectivity index (χ1n) is 4.41. The van der Waals surface area contributed by atoms with Gasteiger partial charge in [-0.25, -0.2) is 0 Å². The van der Waals surface area contributed by atoms with Crippen LogP contribution in [0.25, 0.3) is 0 Å². The lowest BCUT2D eigenvalue weighted by Crippen LogP contribution is -2.24. The maximum atomic E-state index is 11.5. The fourth-order valence-electron chi connectivity index (χ4n) is 1.07. The molecule has 0 bridgehead atoms. The van der Waals surface area contributed by atoms with Crippen molar-refractivity contribution in [3.8, 4) is 0 Å². The van der Waals surface area contributed by atoms with Gasteiger partial charge in [-0.2, -0.15) is 0 Å². The monoisotopic (exact) mass is 269 g/mol. The van der Waals surface area contributed by atoms with E-state index in [1.165, 1.54) is 17.9 Å². The van der Waals surface area contributed by atoms with Crippen LogP contribution in [0.3, 0.4) is 0 Å². The first-order valence-corrected chi connectivity index (χ1v) is 5.20. The van der Waals surface area contributed by atoms with E-state index in [0.29, 0.717) is 0 Å². The molecule has 0 atom stereocenters. The van der Waals surface area contributed by atoms with E-state index in [1.807, 2.05) is 24.3 Å². The lowest BCUT2D eigenvalue weighted by Gasteiger charge is -2.15. The molecule has 1 aromatic carbocycles. The molecule has 3 nitrogen and oxygen atoms in total. The van der Waals surface area contributed by atoms with Crippen LogP contribution in [0.5, 0.6) is 0 Å². The van der Waals surface area contributed by atoms with Gasteiger partial charge in [-0.3, -0.25) is 4.79 Å². The van der Waals surface area contributed by atoms with Gasteiger partial charge in [0.1, 0.15) is 0 Å². The standard InChI is InChI=1S/C11H12BrNO2/c1-8(14)7-11(15)13(2)10-5-3-9(12)4-6-10/h3-7,14H,1-2H3/b8-7-. The van der Waals surface area contributed by atoms with Gasteiger partial charge in [-0.05, 0) is 31.2 Å². The number of halogens is 1. The van der Waals surface area contributed by atoms with Crippen molar-refractivity contribution in [2.24, 2.45) is 0 Å². The van der Waals surface area contributed by atoms with E-state index in [0.717, 1.165) is 10.2 Å². The van der Waals surface area contributed by atoms with E-state index < -0.39 is 0 Å². The summed E-state index contributed by atoms with van der Waals surface area (Å²) < 4.78 is 0.959. The third-order valence-corrected chi connectivity index (χ3v) is 2.41. The number of hydrogen-bond donors (Lipinski definition) is 1. The van der Waals surface area contributed by atoms with Crippen molar-refractivity contribution in [2.45, 2.75) is 6.92 Å². The van der Waals surface area contributed by atoms with E-state index in [2.05, 4.69) is 15.9 Å². The normalized spacial score (nSPS) is 11.3. The number of allylic oxidation sites excluding steroid dienone is 1. The van der Waals surface area contributed by atoms with Gasteiger partial charge >= 0.3 is 0 Å². The topological polar surface area (TPSA) is 40.5 Å². The number of aliphatic hydroxyl groups excluding tert-OH is 1. The van der Waals surface area contributed by atoms with Crippen LogP contribution in [0.15, 0.2) is 40.6 Å². The van der Waals surface area contributed by atoms with Crippen LogP contribution in [0, 0.1) is 0 Å². The summed E-state index contributed by atoms with van der Waals surface area (Å²) in [5.41, 5.74) is 0.778. The Labute approximate surface area is 97.1 Å². The fourth-order valence-corrected chi connectivity index (χ4v) is 1.33. The van der Waals surface area contributed by atoms with Gasteiger partial charge in [-0.1, -0.05) is 15.9 Å². The molecule has 0 radical (unpaired) electrons. The Balaban J connectivity index is 2.85. The van der Waals surface area contributed by atoms with Crippen molar-refractivity contribution in [2.75, 3.05) is 11.9 Å². The molecule has 0 aromatic heterocycles.